The maximum atomic E-state index is 5.31. The molecular formula is C19H30Cl2N2O. The van der Waals surface area contributed by atoms with Crippen LogP contribution in [0.2, 0.25) is 0 Å². The van der Waals surface area contributed by atoms with Crippen molar-refractivity contribution in [3.05, 3.63) is 29.8 Å². The highest BCUT2D eigenvalue weighted by molar-refractivity contribution is 5.85. The monoisotopic (exact) mass is 372 g/mol. The van der Waals surface area contributed by atoms with Crippen LogP contribution >= 0.6 is 24.8 Å². The van der Waals surface area contributed by atoms with Crippen LogP contribution in [0, 0.1) is 11.8 Å². The van der Waals surface area contributed by atoms with Crippen molar-refractivity contribution in [3.63, 3.8) is 0 Å². The molecule has 0 aromatic heterocycles. The van der Waals surface area contributed by atoms with Gasteiger partial charge < -0.3 is 4.74 Å². The van der Waals surface area contributed by atoms with E-state index in [4.69, 9.17) is 4.74 Å². The Morgan fingerprint density at radius 2 is 1.62 bits per heavy atom. The number of benzene rings is 1. The summed E-state index contributed by atoms with van der Waals surface area (Å²) in [5.74, 6) is 2.62. The second-order valence-electron chi connectivity index (χ2n) is 7.47. The molecule has 5 heteroatoms. The van der Waals surface area contributed by atoms with E-state index >= 15 is 0 Å². The fraction of sp³-hybridized carbons (Fsp3) is 0.684. The molecule has 0 radical (unpaired) electrons. The normalized spacial score (nSPS) is 30.7. The largest absolute Gasteiger partial charge is 0.497 e. The summed E-state index contributed by atoms with van der Waals surface area (Å²) >= 11 is 0. The maximum absolute atomic E-state index is 5.31. The molecule has 0 bridgehead atoms. The minimum atomic E-state index is 0. The molecule has 2 aliphatic heterocycles. The van der Waals surface area contributed by atoms with E-state index in [2.05, 4.69) is 41.1 Å². The van der Waals surface area contributed by atoms with Gasteiger partial charge in [0.05, 0.1) is 7.11 Å². The molecule has 1 aromatic carbocycles. The Morgan fingerprint density at radius 1 is 0.958 bits per heavy atom. The lowest BCUT2D eigenvalue weighted by Crippen LogP contribution is -2.35. The summed E-state index contributed by atoms with van der Waals surface area (Å²) < 4.78 is 5.31. The molecule has 0 unspecified atom stereocenters. The molecule has 1 aliphatic carbocycles. The van der Waals surface area contributed by atoms with Crippen LogP contribution in [-0.2, 0) is 0 Å². The van der Waals surface area contributed by atoms with Gasteiger partial charge in [0.1, 0.15) is 5.75 Å². The number of nitrogens with zero attached hydrogens (tertiary/aromatic N) is 2. The van der Waals surface area contributed by atoms with E-state index in [1.165, 1.54) is 50.9 Å². The van der Waals surface area contributed by atoms with Gasteiger partial charge in [0.25, 0.3) is 0 Å². The van der Waals surface area contributed by atoms with Gasteiger partial charge in [0.2, 0.25) is 0 Å². The molecule has 3 aliphatic rings. The number of likely N-dealkylation sites (tertiary alicyclic amines) is 2. The van der Waals surface area contributed by atoms with Crippen molar-refractivity contribution in [2.75, 3.05) is 33.8 Å². The van der Waals surface area contributed by atoms with E-state index < -0.39 is 0 Å². The van der Waals surface area contributed by atoms with Gasteiger partial charge in [-0.25, -0.2) is 0 Å². The summed E-state index contributed by atoms with van der Waals surface area (Å²) in [5.41, 5.74) is 1.46. The van der Waals surface area contributed by atoms with Crippen molar-refractivity contribution in [1.29, 1.82) is 0 Å². The van der Waals surface area contributed by atoms with E-state index in [1.54, 1.807) is 7.11 Å². The van der Waals surface area contributed by atoms with E-state index in [0.29, 0.717) is 6.04 Å². The molecular weight excluding hydrogens is 343 g/mol. The van der Waals surface area contributed by atoms with Crippen LogP contribution < -0.4 is 4.74 Å². The highest BCUT2D eigenvalue weighted by Gasteiger charge is 2.47. The topological polar surface area (TPSA) is 15.7 Å². The van der Waals surface area contributed by atoms with E-state index in [0.717, 1.165) is 23.6 Å². The highest BCUT2D eigenvalue weighted by atomic mass is 35.5. The van der Waals surface area contributed by atoms with Crippen molar-refractivity contribution in [2.45, 2.75) is 37.8 Å². The first kappa shape index (κ1) is 19.8. The van der Waals surface area contributed by atoms with Crippen LogP contribution in [0.25, 0.3) is 0 Å². The second-order valence-corrected chi connectivity index (χ2v) is 7.47. The molecule has 2 heterocycles. The van der Waals surface area contributed by atoms with Gasteiger partial charge in [0, 0.05) is 31.7 Å². The Bertz CT molecular complexity index is 519. The summed E-state index contributed by atoms with van der Waals surface area (Å²) in [6.45, 7) is 3.88. The zero-order valence-corrected chi connectivity index (χ0v) is 16.3. The molecule has 1 aromatic rings. The van der Waals surface area contributed by atoms with Crippen molar-refractivity contribution in [1.82, 2.24) is 9.80 Å². The molecule has 0 amide bonds. The zero-order valence-electron chi connectivity index (χ0n) is 14.7. The Labute approximate surface area is 158 Å². The van der Waals surface area contributed by atoms with Gasteiger partial charge in [0.15, 0.2) is 0 Å². The third kappa shape index (κ3) is 3.55. The number of hydrogen-bond acceptors (Lipinski definition) is 3. The summed E-state index contributed by atoms with van der Waals surface area (Å²) in [5, 5.41) is 0. The van der Waals surface area contributed by atoms with Gasteiger partial charge in [-0.15, -0.1) is 24.8 Å². The van der Waals surface area contributed by atoms with Crippen LogP contribution in [0.4, 0.5) is 0 Å². The Balaban J connectivity index is 0.00000104. The molecule has 1 saturated carbocycles. The summed E-state index contributed by atoms with van der Waals surface area (Å²) in [6, 6.07) is 10.2. The number of fused-ring (bicyclic) bond motifs is 1. The van der Waals surface area contributed by atoms with Crippen molar-refractivity contribution in [3.8, 4) is 5.75 Å². The molecule has 2 saturated heterocycles. The second kappa shape index (κ2) is 8.27. The smallest absolute Gasteiger partial charge is 0.118 e. The van der Waals surface area contributed by atoms with Crippen LogP contribution in [0.1, 0.15) is 37.3 Å². The van der Waals surface area contributed by atoms with E-state index in [9.17, 15) is 0 Å². The molecule has 136 valence electrons. The molecule has 4 rings (SSSR count). The molecule has 24 heavy (non-hydrogen) atoms. The van der Waals surface area contributed by atoms with Gasteiger partial charge in [-0.2, -0.15) is 0 Å². The summed E-state index contributed by atoms with van der Waals surface area (Å²) in [6.07, 6.45) is 5.75. The predicted molar refractivity (Wildman–Crippen MR) is 104 cm³/mol. The lowest BCUT2D eigenvalue weighted by Gasteiger charge is -2.29. The van der Waals surface area contributed by atoms with Crippen LogP contribution in [0.5, 0.6) is 5.75 Å². The fourth-order valence-corrected chi connectivity index (χ4v) is 5.16. The Kier molecular flexibility index (Phi) is 6.83. The minimum absolute atomic E-state index is 0. The Morgan fingerprint density at radius 3 is 2.25 bits per heavy atom. The van der Waals surface area contributed by atoms with Crippen molar-refractivity contribution >= 4 is 24.8 Å². The zero-order chi connectivity index (χ0) is 15.1. The van der Waals surface area contributed by atoms with Gasteiger partial charge >= 0.3 is 0 Å². The van der Waals surface area contributed by atoms with Crippen LogP contribution in [-0.4, -0.2) is 49.6 Å². The van der Waals surface area contributed by atoms with Crippen LogP contribution in [0.15, 0.2) is 24.3 Å². The molecule has 3 fully saturated rings. The summed E-state index contributed by atoms with van der Waals surface area (Å²) in [7, 11) is 4.04. The van der Waals surface area contributed by atoms with E-state index in [1.807, 2.05) is 0 Å². The number of halogens is 2. The molecule has 3 atom stereocenters. The first-order chi connectivity index (χ1) is 10.8. The highest BCUT2D eigenvalue weighted by Crippen LogP contribution is 2.45. The third-order valence-corrected chi connectivity index (χ3v) is 6.22. The number of methoxy groups -OCH3 is 1. The Hall–Kier alpha value is -0.480. The average molecular weight is 373 g/mol. The third-order valence-electron chi connectivity index (χ3n) is 6.22. The average Bonchev–Trinajstić information content (AvgIpc) is 3.22. The van der Waals surface area contributed by atoms with Crippen molar-refractivity contribution < 1.29 is 4.74 Å². The quantitative estimate of drug-likeness (QED) is 0.796. The summed E-state index contributed by atoms with van der Waals surface area (Å²) in [4.78, 5) is 5.38. The predicted octanol–water partition coefficient (Wildman–Crippen LogP) is 4.02. The standard InChI is InChI=1S/C19H28N2O.2ClH/c1-20-11-15-12-21(16-5-3-4-6-16)13-18(15)19(20)14-7-9-17(22-2)10-8-14;;/h7-10,15-16,18-19H,3-6,11-13H2,1-2H3;2*1H/t15-,18+,19+;;/m0../s1. The lowest BCUT2D eigenvalue weighted by molar-refractivity contribution is 0.189. The maximum Gasteiger partial charge on any atom is 0.118 e. The minimum Gasteiger partial charge on any atom is -0.497 e. The molecule has 0 spiro atoms. The van der Waals surface area contributed by atoms with Gasteiger partial charge in [-0.05, 0) is 49.4 Å². The lowest BCUT2D eigenvalue weighted by atomic mass is 9.89. The molecule has 0 N–H and O–H groups in total. The number of hydrogen-bond donors (Lipinski definition) is 0. The fourth-order valence-electron chi connectivity index (χ4n) is 5.16. The number of ether oxygens (including phenoxy) is 1. The molecule has 3 nitrogen and oxygen atoms in total. The SMILES string of the molecule is COc1ccc([C@@H]2[C@@H]3CN(C4CCCC4)C[C@@H]3CN2C)cc1.Cl.Cl. The van der Waals surface area contributed by atoms with E-state index in [-0.39, 0.29) is 24.8 Å². The van der Waals surface area contributed by atoms with Gasteiger partial charge in [-0.3, -0.25) is 9.80 Å². The number of rotatable bonds is 3. The van der Waals surface area contributed by atoms with Crippen molar-refractivity contribution in [2.24, 2.45) is 11.8 Å². The first-order valence-corrected chi connectivity index (χ1v) is 8.84. The van der Waals surface area contributed by atoms with Crippen LogP contribution in [0.3, 0.4) is 0 Å². The van der Waals surface area contributed by atoms with Gasteiger partial charge in [-0.1, -0.05) is 25.0 Å². The first-order valence-electron chi connectivity index (χ1n) is 8.84.